The maximum Gasteiger partial charge on any atom is 0.121 e. The number of phenols is 1. The van der Waals surface area contributed by atoms with Crippen molar-refractivity contribution < 1.29 is 9.84 Å². The molecule has 0 aliphatic heterocycles. The molecular formula is C10H13BrO2. The van der Waals surface area contributed by atoms with Gasteiger partial charge in [-0.05, 0) is 32.0 Å². The third-order valence-electron chi connectivity index (χ3n) is 1.61. The van der Waals surface area contributed by atoms with E-state index < -0.39 is 0 Å². The maximum atomic E-state index is 9.45. The van der Waals surface area contributed by atoms with Crippen molar-refractivity contribution in [1.82, 2.24) is 0 Å². The smallest absolute Gasteiger partial charge is 0.121 e. The van der Waals surface area contributed by atoms with Crippen molar-refractivity contribution in [3.63, 3.8) is 0 Å². The SMILES string of the molecule is CC(C)OCc1cc(Br)ccc1O. The van der Waals surface area contributed by atoms with E-state index in [0.29, 0.717) is 6.61 Å². The molecule has 1 aromatic rings. The minimum atomic E-state index is 0.179. The lowest BCUT2D eigenvalue weighted by molar-refractivity contribution is 0.0645. The Balaban J connectivity index is 2.70. The highest BCUT2D eigenvalue weighted by Crippen LogP contribution is 2.22. The standard InChI is InChI=1S/C10H13BrO2/c1-7(2)13-6-8-5-9(11)3-4-10(8)12/h3-5,7,12H,6H2,1-2H3. The maximum absolute atomic E-state index is 9.45. The molecule has 72 valence electrons. The molecule has 1 N–H and O–H groups in total. The summed E-state index contributed by atoms with van der Waals surface area (Å²) in [6.45, 7) is 4.38. The molecule has 0 aliphatic rings. The number of rotatable bonds is 3. The molecule has 13 heavy (non-hydrogen) atoms. The van der Waals surface area contributed by atoms with Crippen LogP contribution < -0.4 is 0 Å². The largest absolute Gasteiger partial charge is 0.508 e. The number of aromatic hydroxyl groups is 1. The number of phenolic OH excluding ortho intramolecular Hbond substituents is 1. The van der Waals surface area contributed by atoms with Gasteiger partial charge < -0.3 is 9.84 Å². The molecule has 0 fully saturated rings. The zero-order chi connectivity index (χ0) is 9.84. The minimum Gasteiger partial charge on any atom is -0.508 e. The summed E-state index contributed by atoms with van der Waals surface area (Å²) in [5, 5.41) is 9.45. The molecule has 0 saturated carbocycles. The lowest BCUT2D eigenvalue weighted by atomic mass is 10.2. The highest BCUT2D eigenvalue weighted by atomic mass is 79.9. The molecule has 0 atom stereocenters. The van der Waals surface area contributed by atoms with Crippen molar-refractivity contribution in [3.8, 4) is 5.75 Å². The average Bonchev–Trinajstić information content (AvgIpc) is 2.06. The summed E-state index contributed by atoms with van der Waals surface area (Å²) in [5.74, 6) is 0.281. The van der Waals surface area contributed by atoms with E-state index in [1.165, 1.54) is 0 Å². The predicted octanol–water partition coefficient (Wildman–Crippen LogP) is 3.08. The van der Waals surface area contributed by atoms with Crippen LogP contribution in [0.25, 0.3) is 0 Å². The Hall–Kier alpha value is -0.540. The van der Waals surface area contributed by atoms with Gasteiger partial charge in [-0.15, -0.1) is 0 Å². The van der Waals surface area contributed by atoms with Gasteiger partial charge in [0.05, 0.1) is 12.7 Å². The minimum absolute atomic E-state index is 0.179. The number of halogens is 1. The van der Waals surface area contributed by atoms with E-state index in [1.807, 2.05) is 19.9 Å². The van der Waals surface area contributed by atoms with E-state index in [2.05, 4.69) is 15.9 Å². The van der Waals surface area contributed by atoms with Crippen molar-refractivity contribution in [2.75, 3.05) is 0 Å². The first kappa shape index (κ1) is 10.5. The number of hydrogen-bond donors (Lipinski definition) is 1. The van der Waals surface area contributed by atoms with Crippen LogP contribution >= 0.6 is 15.9 Å². The molecule has 0 aliphatic carbocycles. The number of benzene rings is 1. The van der Waals surface area contributed by atoms with Gasteiger partial charge in [0.15, 0.2) is 0 Å². The van der Waals surface area contributed by atoms with Gasteiger partial charge in [0.25, 0.3) is 0 Å². The summed E-state index contributed by atoms with van der Waals surface area (Å²) in [5.41, 5.74) is 0.808. The highest BCUT2D eigenvalue weighted by Gasteiger charge is 2.02. The Labute approximate surface area is 86.7 Å². The fourth-order valence-electron chi connectivity index (χ4n) is 0.926. The summed E-state index contributed by atoms with van der Waals surface area (Å²) >= 11 is 3.34. The van der Waals surface area contributed by atoms with Crippen molar-refractivity contribution >= 4 is 15.9 Å². The topological polar surface area (TPSA) is 29.5 Å². The Morgan fingerprint density at radius 1 is 1.46 bits per heavy atom. The Bertz CT molecular complexity index is 284. The monoisotopic (exact) mass is 244 g/mol. The van der Waals surface area contributed by atoms with E-state index in [-0.39, 0.29) is 11.9 Å². The third kappa shape index (κ3) is 3.36. The molecular weight excluding hydrogens is 232 g/mol. The van der Waals surface area contributed by atoms with Crippen LogP contribution in [0.1, 0.15) is 19.4 Å². The van der Waals surface area contributed by atoms with Crippen LogP contribution in [0.4, 0.5) is 0 Å². The van der Waals surface area contributed by atoms with Crippen LogP contribution in [0.2, 0.25) is 0 Å². The summed E-state index contributed by atoms with van der Waals surface area (Å²) in [7, 11) is 0. The predicted molar refractivity (Wildman–Crippen MR) is 55.7 cm³/mol. The van der Waals surface area contributed by atoms with Crippen LogP contribution in [-0.2, 0) is 11.3 Å². The highest BCUT2D eigenvalue weighted by molar-refractivity contribution is 9.10. The van der Waals surface area contributed by atoms with Crippen LogP contribution in [0.15, 0.2) is 22.7 Å². The van der Waals surface area contributed by atoms with E-state index in [1.54, 1.807) is 12.1 Å². The second-order valence-corrected chi connectivity index (χ2v) is 4.05. The van der Waals surface area contributed by atoms with Crippen LogP contribution in [0.3, 0.4) is 0 Å². The fourth-order valence-corrected chi connectivity index (χ4v) is 1.33. The first-order valence-corrected chi connectivity index (χ1v) is 4.98. The van der Waals surface area contributed by atoms with Gasteiger partial charge in [0.1, 0.15) is 5.75 Å². The first-order chi connectivity index (χ1) is 6.09. The zero-order valence-electron chi connectivity index (χ0n) is 7.75. The molecule has 1 aromatic carbocycles. The lowest BCUT2D eigenvalue weighted by Gasteiger charge is -2.09. The molecule has 3 heteroatoms. The van der Waals surface area contributed by atoms with Crippen molar-refractivity contribution in [1.29, 1.82) is 0 Å². The molecule has 0 radical (unpaired) electrons. The average molecular weight is 245 g/mol. The summed E-state index contributed by atoms with van der Waals surface area (Å²) in [4.78, 5) is 0. The Kier molecular flexibility index (Phi) is 3.75. The van der Waals surface area contributed by atoms with Gasteiger partial charge in [-0.1, -0.05) is 15.9 Å². The number of hydrogen-bond acceptors (Lipinski definition) is 2. The van der Waals surface area contributed by atoms with E-state index in [4.69, 9.17) is 4.74 Å². The van der Waals surface area contributed by atoms with Gasteiger partial charge >= 0.3 is 0 Å². The molecule has 0 bridgehead atoms. The molecule has 0 unspecified atom stereocenters. The second-order valence-electron chi connectivity index (χ2n) is 3.13. The summed E-state index contributed by atoms with van der Waals surface area (Å²) < 4.78 is 6.33. The van der Waals surface area contributed by atoms with Crippen molar-refractivity contribution in [3.05, 3.63) is 28.2 Å². The Morgan fingerprint density at radius 3 is 2.77 bits per heavy atom. The molecule has 0 amide bonds. The van der Waals surface area contributed by atoms with E-state index in [9.17, 15) is 5.11 Å². The van der Waals surface area contributed by atoms with Gasteiger partial charge in [-0.25, -0.2) is 0 Å². The summed E-state index contributed by atoms with van der Waals surface area (Å²) in [6.07, 6.45) is 0.179. The normalized spacial score (nSPS) is 10.8. The molecule has 0 saturated heterocycles. The lowest BCUT2D eigenvalue weighted by Crippen LogP contribution is -2.02. The van der Waals surface area contributed by atoms with Crippen LogP contribution in [-0.4, -0.2) is 11.2 Å². The molecule has 0 aromatic heterocycles. The molecule has 1 rings (SSSR count). The van der Waals surface area contributed by atoms with Crippen LogP contribution in [0.5, 0.6) is 5.75 Å². The van der Waals surface area contributed by atoms with E-state index >= 15 is 0 Å². The molecule has 0 spiro atoms. The van der Waals surface area contributed by atoms with Gasteiger partial charge in [0, 0.05) is 10.0 Å². The summed E-state index contributed by atoms with van der Waals surface area (Å²) in [6, 6.07) is 5.31. The molecule has 2 nitrogen and oxygen atoms in total. The van der Waals surface area contributed by atoms with Crippen molar-refractivity contribution in [2.45, 2.75) is 26.6 Å². The van der Waals surface area contributed by atoms with Crippen LogP contribution in [0, 0.1) is 0 Å². The van der Waals surface area contributed by atoms with E-state index in [0.717, 1.165) is 10.0 Å². The molecule has 0 heterocycles. The zero-order valence-corrected chi connectivity index (χ0v) is 9.34. The first-order valence-electron chi connectivity index (χ1n) is 4.18. The fraction of sp³-hybridized carbons (Fsp3) is 0.400. The number of ether oxygens (including phenoxy) is 1. The van der Waals surface area contributed by atoms with Gasteiger partial charge in [-0.3, -0.25) is 0 Å². The van der Waals surface area contributed by atoms with Gasteiger partial charge in [0.2, 0.25) is 0 Å². The third-order valence-corrected chi connectivity index (χ3v) is 2.11. The second kappa shape index (κ2) is 4.63. The van der Waals surface area contributed by atoms with Crippen molar-refractivity contribution in [2.24, 2.45) is 0 Å². The quantitative estimate of drug-likeness (QED) is 0.886. The van der Waals surface area contributed by atoms with Gasteiger partial charge in [-0.2, -0.15) is 0 Å². The Morgan fingerprint density at radius 2 is 2.15 bits per heavy atom.